The molecule has 4 heteroatoms. The molecule has 0 bridgehead atoms. The van der Waals surface area contributed by atoms with Crippen LogP contribution in [0, 0.1) is 6.92 Å². The zero-order valence-electron chi connectivity index (χ0n) is 10.5. The Labute approximate surface area is 109 Å². The Morgan fingerprint density at radius 1 is 1.24 bits per heavy atom. The predicted molar refractivity (Wildman–Crippen MR) is 73.4 cm³/mol. The number of rotatable bonds is 6. The molecule has 0 unspecified atom stereocenters. The predicted octanol–water partition coefficient (Wildman–Crippen LogP) is 2.03. The van der Waals surface area contributed by atoms with Crippen molar-refractivity contribution >= 4 is 18.3 Å². The molecule has 17 heavy (non-hydrogen) atoms. The number of halogens is 1. The fourth-order valence-electron chi connectivity index (χ4n) is 1.42. The highest BCUT2D eigenvalue weighted by molar-refractivity contribution is 5.85. The van der Waals surface area contributed by atoms with Gasteiger partial charge in [0, 0.05) is 13.0 Å². The van der Waals surface area contributed by atoms with Crippen molar-refractivity contribution in [3.05, 3.63) is 35.4 Å². The highest BCUT2D eigenvalue weighted by Crippen LogP contribution is 2.02. The van der Waals surface area contributed by atoms with Gasteiger partial charge in [-0.2, -0.15) is 0 Å². The van der Waals surface area contributed by atoms with Crippen LogP contribution in [-0.2, 0) is 11.3 Å². The summed E-state index contributed by atoms with van der Waals surface area (Å²) in [4.78, 5) is 11.4. The first-order valence-electron chi connectivity index (χ1n) is 5.69. The van der Waals surface area contributed by atoms with E-state index in [0.29, 0.717) is 13.0 Å². The van der Waals surface area contributed by atoms with E-state index in [0.717, 1.165) is 18.5 Å². The first-order chi connectivity index (χ1) is 7.72. The van der Waals surface area contributed by atoms with Crippen molar-refractivity contribution in [1.29, 1.82) is 0 Å². The van der Waals surface area contributed by atoms with Crippen molar-refractivity contribution in [2.75, 3.05) is 13.6 Å². The van der Waals surface area contributed by atoms with E-state index in [2.05, 4.69) is 29.7 Å². The van der Waals surface area contributed by atoms with Gasteiger partial charge in [-0.25, -0.2) is 0 Å². The largest absolute Gasteiger partial charge is 0.352 e. The van der Waals surface area contributed by atoms with E-state index in [1.165, 1.54) is 5.56 Å². The zero-order valence-corrected chi connectivity index (χ0v) is 11.3. The summed E-state index contributed by atoms with van der Waals surface area (Å²) in [6, 6.07) is 8.21. The van der Waals surface area contributed by atoms with Crippen molar-refractivity contribution in [3.8, 4) is 0 Å². The molecule has 0 saturated heterocycles. The molecule has 0 aliphatic carbocycles. The highest BCUT2D eigenvalue weighted by atomic mass is 35.5. The van der Waals surface area contributed by atoms with Crippen LogP contribution in [0.2, 0.25) is 0 Å². The van der Waals surface area contributed by atoms with Gasteiger partial charge in [0.2, 0.25) is 5.91 Å². The number of carbonyl (C=O) groups is 1. The summed E-state index contributed by atoms with van der Waals surface area (Å²) in [5.41, 5.74) is 2.39. The summed E-state index contributed by atoms with van der Waals surface area (Å²) in [5.74, 6) is 0.121. The molecule has 0 fully saturated rings. The van der Waals surface area contributed by atoms with Crippen molar-refractivity contribution in [2.45, 2.75) is 26.3 Å². The molecule has 0 atom stereocenters. The van der Waals surface area contributed by atoms with Gasteiger partial charge < -0.3 is 10.6 Å². The lowest BCUT2D eigenvalue weighted by atomic mass is 10.1. The minimum Gasteiger partial charge on any atom is -0.352 e. The Morgan fingerprint density at radius 3 is 2.47 bits per heavy atom. The Balaban J connectivity index is 0.00000256. The lowest BCUT2D eigenvalue weighted by Crippen LogP contribution is -2.23. The van der Waals surface area contributed by atoms with Gasteiger partial charge in [-0.05, 0) is 32.5 Å². The molecular formula is C13H21ClN2O. The van der Waals surface area contributed by atoms with Gasteiger partial charge in [0.05, 0.1) is 0 Å². The van der Waals surface area contributed by atoms with Gasteiger partial charge in [-0.15, -0.1) is 12.4 Å². The van der Waals surface area contributed by atoms with E-state index < -0.39 is 0 Å². The minimum absolute atomic E-state index is 0. The van der Waals surface area contributed by atoms with Crippen LogP contribution >= 0.6 is 12.4 Å². The molecule has 0 aliphatic rings. The number of aryl methyl sites for hydroxylation is 1. The Bertz CT molecular complexity index is 325. The normalized spacial score (nSPS) is 9.53. The number of hydrogen-bond acceptors (Lipinski definition) is 2. The van der Waals surface area contributed by atoms with Gasteiger partial charge in [-0.3, -0.25) is 4.79 Å². The van der Waals surface area contributed by atoms with Crippen LogP contribution < -0.4 is 10.6 Å². The van der Waals surface area contributed by atoms with Crippen molar-refractivity contribution in [1.82, 2.24) is 10.6 Å². The van der Waals surface area contributed by atoms with Crippen LogP contribution in [0.1, 0.15) is 24.0 Å². The summed E-state index contributed by atoms with van der Waals surface area (Å²) in [5, 5.41) is 5.93. The van der Waals surface area contributed by atoms with E-state index in [4.69, 9.17) is 0 Å². The van der Waals surface area contributed by atoms with E-state index in [1.54, 1.807) is 0 Å². The maximum absolute atomic E-state index is 11.4. The monoisotopic (exact) mass is 256 g/mol. The van der Waals surface area contributed by atoms with Gasteiger partial charge in [0.25, 0.3) is 0 Å². The molecule has 1 rings (SSSR count). The first kappa shape index (κ1) is 15.9. The van der Waals surface area contributed by atoms with Crippen molar-refractivity contribution < 1.29 is 4.79 Å². The second-order valence-corrected chi connectivity index (χ2v) is 3.97. The fraction of sp³-hybridized carbons (Fsp3) is 0.462. The molecule has 0 saturated carbocycles. The molecule has 0 spiro atoms. The van der Waals surface area contributed by atoms with Crippen molar-refractivity contribution in [3.63, 3.8) is 0 Å². The average molecular weight is 257 g/mol. The second-order valence-electron chi connectivity index (χ2n) is 3.97. The Hall–Kier alpha value is -1.06. The van der Waals surface area contributed by atoms with E-state index in [9.17, 15) is 4.79 Å². The summed E-state index contributed by atoms with van der Waals surface area (Å²) in [7, 11) is 1.89. The van der Waals surface area contributed by atoms with E-state index in [-0.39, 0.29) is 18.3 Å². The Kier molecular flexibility index (Phi) is 8.46. The standard InChI is InChI=1S/C13H20N2O.ClH/c1-11-5-7-12(8-6-11)10-15-13(16)4-3-9-14-2;/h5-8,14H,3-4,9-10H2,1-2H3,(H,15,16);1H. The SMILES string of the molecule is CNCCCC(=O)NCc1ccc(C)cc1.Cl. The first-order valence-corrected chi connectivity index (χ1v) is 5.69. The summed E-state index contributed by atoms with van der Waals surface area (Å²) in [6.45, 7) is 3.57. The molecule has 1 aromatic carbocycles. The average Bonchev–Trinajstić information content (AvgIpc) is 2.29. The number of hydrogen-bond donors (Lipinski definition) is 2. The molecule has 1 aromatic rings. The Morgan fingerprint density at radius 2 is 1.88 bits per heavy atom. The third-order valence-corrected chi connectivity index (χ3v) is 2.44. The summed E-state index contributed by atoms with van der Waals surface area (Å²) in [6.07, 6.45) is 1.48. The smallest absolute Gasteiger partial charge is 0.220 e. The number of nitrogens with one attached hydrogen (secondary N) is 2. The maximum atomic E-state index is 11.4. The quantitative estimate of drug-likeness (QED) is 0.765. The van der Waals surface area contributed by atoms with E-state index in [1.807, 2.05) is 19.2 Å². The molecule has 0 aromatic heterocycles. The van der Waals surface area contributed by atoms with Gasteiger partial charge in [0.1, 0.15) is 0 Å². The van der Waals surface area contributed by atoms with E-state index >= 15 is 0 Å². The van der Waals surface area contributed by atoms with Crippen LogP contribution in [0.4, 0.5) is 0 Å². The van der Waals surface area contributed by atoms with Gasteiger partial charge >= 0.3 is 0 Å². The number of amides is 1. The van der Waals surface area contributed by atoms with Gasteiger partial charge in [0.15, 0.2) is 0 Å². The summed E-state index contributed by atoms with van der Waals surface area (Å²) < 4.78 is 0. The summed E-state index contributed by atoms with van der Waals surface area (Å²) >= 11 is 0. The van der Waals surface area contributed by atoms with Crippen LogP contribution in [-0.4, -0.2) is 19.5 Å². The number of carbonyl (C=O) groups excluding carboxylic acids is 1. The van der Waals surface area contributed by atoms with Crippen LogP contribution in [0.3, 0.4) is 0 Å². The lowest BCUT2D eigenvalue weighted by molar-refractivity contribution is -0.121. The molecule has 0 aliphatic heterocycles. The molecular weight excluding hydrogens is 236 g/mol. The van der Waals surface area contributed by atoms with Crippen LogP contribution in [0.25, 0.3) is 0 Å². The topological polar surface area (TPSA) is 41.1 Å². The zero-order chi connectivity index (χ0) is 11.8. The molecule has 3 nitrogen and oxygen atoms in total. The fourth-order valence-corrected chi connectivity index (χ4v) is 1.42. The lowest BCUT2D eigenvalue weighted by Gasteiger charge is -2.05. The third kappa shape index (κ3) is 6.97. The third-order valence-electron chi connectivity index (χ3n) is 2.44. The second kappa shape index (κ2) is 9.02. The molecule has 96 valence electrons. The molecule has 2 N–H and O–H groups in total. The maximum Gasteiger partial charge on any atom is 0.220 e. The van der Waals surface area contributed by atoms with Gasteiger partial charge in [-0.1, -0.05) is 29.8 Å². The highest BCUT2D eigenvalue weighted by Gasteiger charge is 2.00. The van der Waals surface area contributed by atoms with Crippen LogP contribution in [0.5, 0.6) is 0 Å². The molecule has 1 amide bonds. The van der Waals surface area contributed by atoms with Crippen molar-refractivity contribution in [2.24, 2.45) is 0 Å². The number of benzene rings is 1. The molecule has 0 radical (unpaired) electrons. The minimum atomic E-state index is 0. The molecule has 0 heterocycles. The van der Waals surface area contributed by atoms with Crippen LogP contribution in [0.15, 0.2) is 24.3 Å².